The van der Waals surface area contributed by atoms with Crippen LogP contribution >= 0.6 is 11.6 Å². The number of nitriles is 1. The van der Waals surface area contributed by atoms with Crippen LogP contribution in [0.25, 0.3) is 0 Å². The largest absolute Gasteiger partial charge is 0.360 e. The molecule has 118 valence electrons. The molecule has 1 N–H and O–H groups in total. The van der Waals surface area contributed by atoms with Gasteiger partial charge in [0.15, 0.2) is 0 Å². The van der Waals surface area contributed by atoms with Gasteiger partial charge < -0.3 is 9.80 Å². The number of aryl methyl sites for hydroxylation is 1. The molecular weight excluding hydrogens is 306 g/mol. The van der Waals surface area contributed by atoms with Crippen LogP contribution in [-0.2, 0) is 6.54 Å². The van der Waals surface area contributed by atoms with Crippen molar-refractivity contribution in [3.05, 3.63) is 64.2 Å². The Morgan fingerprint density at radius 3 is 2.70 bits per heavy atom. The third-order valence-corrected chi connectivity index (χ3v) is 4.73. The molecule has 0 aliphatic carbocycles. The quantitative estimate of drug-likeness (QED) is 0.939. The summed E-state index contributed by atoms with van der Waals surface area (Å²) in [5, 5.41) is 9.80. The number of piperazine rings is 1. The van der Waals surface area contributed by atoms with E-state index in [4.69, 9.17) is 16.9 Å². The van der Waals surface area contributed by atoms with E-state index in [1.807, 2.05) is 24.3 Å². The van der Waals surface area contributed by atoms with E-state index >= 15 is 0 Å². The van der Waals surface area contributed by atoms with Gasteiger partial charge in [-0.1, -0.05) is 29.8 Å². The first-order valence-electron chi connectivity index (χ1n) is 7.99. The van der Waals surface area contributed by atoms with Crippen molar-refractivity contribution in [2.45, 2.75) is 13.5 Å². The zero-order valence-electron chi connectivity index (χ0n) is 13.3. The maximum atomic E-state index is 9.00. The normalized spacial score (nSPS) is 15.4. The number of nitrogens with zero attached hydrogens (tertiary/aromatic N) is 2. The lowest BCUT2D eigenvalue weighted by molar-refractivity contribution is -0.914. The van der Waals surface area contributed by atoms with Gasteiger partial charge in [-0.05, 0) is 36.8 Å². The van der Waals surface area contributed by atoms with Crippen molar-refractivity contribution in [1.82, 2.24) is 0 Å². The molecule has 0 bridgehead atoms. The number of benzene rings is 2. The summed E-state index contributed by atoms with van der Waals surface area (Å²) >= 11 is 6.14. The van der Waals surface area contributed by atoms with Crippen molar-refractivity contribution in [1.29, 1.82) is 5.26 Å². The fourth-order valence-electron chi connectivity index (χ4n) is 3.20. The van der Waals surface area contributed by atoms with Gasteiger partial charge >= 0.3 is 0 Å². The van der Waals surface area contributed by atoms with E-state index in [1.165, 1.54) is 16.8 Å². The minimum Gasteiger partial charge on any atom is -0.360 e. The molecule has 1 aliphatic rings. The van der Waals surface area contributed by atoms with E-state index in [0.29, 0.717) is 0 Å². The van der Waals surface area contributed by atoms with Crippen LogP contribution in [0.5, 0.6) is 0 Å². The van der Waals surface area contributed by atoms with Gasteiger partial charge in [0, 0.05) is 16.3 Å². The lowest BCUT2D eigenvalue weighted by Gasteiger charge is -2.34. The Balaban J connectivity index is 1.62. The monoisotopic (exact) mass is 326 g/mol. The van der Waals surface area contributed by atoms with E-state index in [0.717, 1.165) is 43.3 Å². The molecule has 0 saturated carbocycles. The van der Waals surface area contributed by atoms with Crippen LogP contribution in [0.2, 0.25) is 5.02 Å². The average molecular weight is 327 g/mol. The number of halogens is 1. The van der Waals surface area contributed by atoms with Crippen molar-refractivity contribution in [3.8, 4) is 6.07 Å². The molecule has 1 saturated heterocycles. The highest BCUT2D eigenvalue weighted by Gasteiger charge is 2.21. The van der Waals surface area contributed by atoms with Gasteiger partial charge in [0.05, 0.1) is 37.8 Å². The number of nitrogens with one attached hydrogen (secondary N) is 1. The van der Waals surface area contributed by atoms with Crippen molar-refractivity contribution in [2.24, 2.45) is 0 Å². The zero-order valence-corrected chi connectivity index (χ0v) is 14.1. The highest BCUT2D eigenvalue weighted by Crippen LogP contribution is 2.24. The number of anilines is 1. The lowest BCUT2D eigenvalue weighted by Crippen LogP contribution is -3.13. The standard InChI is InChI=1S/C19H20ClN3/c1-15-5-6-18(20)12-19(15)23-9-7-22(8-10-23)14-17-4-2-3-16(11-17)13-21/h2-6,11-12H,7-10,14H2,1H3/p+1. The van der Waals surface area contributed by atoms with Gasteiger partial charge in [-0.2, -0.15) is 5.26 Å². The summed E-state index contributed by atoms with van der Waals surface area (Å²) < 4.78 is 0. The predicted molar refractivity (Wildman–Crippen MR) is 94.0 cm³/mol. The molecule has 2 aromatic rings. The molecule has 2 aromatic carbocycles. The average Bonchev–Trinajstić information content (AvgIpc) is 2.58. The van der Waals surface area contributed by atoms with E-state index < -0.39 is 0 Å². The Kier molecular flexibility index (Phi) is 4.85. The zero-order chi connectivity index (χ0) is 16.2. The molecule has 1 fully saturated rings. The van der Waals surface area contributed by atoms with Gasteiger partial charge in [-0.15, -0.1) is 0 Å². The van der Waals surface area contributed by atoms with Crippen LogP contribution in [-0.4, -0.2) is 26.2 Å². The van der Waals surface area contributed by atoms with Gasteiger partial charge in [0.2, 0.25) is 0 Å². The molecule has 0 unspecified atom stereocenters. The second-order valence-corrected chi connectivity index (χ2v) is 6.59. The van der Waals surface area contributed by atoms with Gasteiger partial charge in [-0.3, -0.25) is 0 Å². The van der Waals surface area contributed by atoms with E-state index in [1.54, 1.807) is 4.90 Å². The number of hydrogen-bond acceptors (Lipinski definition) is 2. The van der Waals surface area contributed by atoms with Crippen molar-refractivity contribution < 1.29 is 4.90 Å². The lowest BCUT2D eigenvalue weighted by atomic mass is 10.1. The molecule has 0 atom stereocenters. The molecular formula is C19H21ClN3+. The smallest absolute Gasteiger partial charge is 0.103 e. The highest BCUT2D eigenvalue weighted by molar-refractivity contribution is 6.30. The molecule has 0 radical (unpaired) electrons. The molecule has 3 rings (SSSR count). The summed E-state index contributed by atoms with van der Waals surface area (Å²) in [6.07, 6.45) is 0. The third kappa shape index (κ3) is 3.85. The minimum absolute atomic E-state index is 0.745. The van der Waals surface area contributed by atoms with Crippen LogP contribution in [0.15, 0.2) is 42.5 Å². The maximum absolute atomic E-state index is 9.00. The molecule has 4 heteroatoms. The fraction of sp³-hybridized carbons (Fsp3) is 0.316. The first kappa shape index (κ1) is 15.9. The summed E-state index contributed by atoms with van der Waals surface area (Å²) in [6, 6.07) is 16.3. The Bertz CT molecular complexity index is 728. The second-order valence-electron chi connectivity index (χ2n) is 6.16. The molecule has 3 nitrogen and oxygen atoms in total. The van der Waals surface area contributed by atoms with E-state index in [-0.39, 0.29) is 0 Å². The molecule has 1 aliphatic heterocycles. The van der Waals surface area contributed by atoms with Crippen LogP contribution in [0.1, 0.15) is 16.7 Å². The first-order chi connectivity index (χ1) is 11.2. The molecule has 0 spiro atoms. The van der Waals surface area contributed by atoms with E-state index in [9.17, 15) is 0 Å². The van der Waals surface area contributed by atoms with Crippen LogP contribution in [0.4, 0.5) is 5.69 Å². The van der Waals surface area contributed by atoms with E-state index in [2.05, 4.69) is 36.1 Å². The van der Waals surface area contributed by atoms with Crippen molar-refractivity contribution in [2.75, 3.05) is 31.1 Å². The fourth-order valence-corrected chi connectivity index (χ4v) is 3.37. The van der Waals surface area contributed by atoms with Crippen LogP contribution in [0, 0.1) is 18.3 Å². The summed E-state index contributed by atoms with van der Waals surface area (Å²) in [4.78, 5) is 3.99. The molecule has 1 heterocycles. The molecule has 23 heavy (non-hydrogen) atoms. The predicted octanol–water partition coefficient (Wildman–Crippen LogP) is 2.43. The number of hydrogen-bond donors (Lipinski definition) is 1. The summed E-state index contributed by atoms with van der Waals surface area (Å²) in [7, 11) is 0. The number of quaternary nitrogens is 1. The topological polar surface area (TPSA) is 31.5 Å². The first-order valence-corrected chi connectivity index (χ1v) is 8.37. The Labute approximate surface area is 142 Å². The van der Waals surface area contributed by atoms with Crippen molar-refractivity contribution in [3.63, 3.8) is 0 Å². The van der Waals surface area contributed by atoms with Crippen molar-refractivity contribution >= 4 is 17.3 Å². The summed E-state index contributed by atoms with van der Waals surface area (Å²) in [5.41, 5.74) is 4.52. The Morgan fingerprint density at radius 2 is 1.96 bits per heavy atom. The van der Waals surface area contributed by atoms with Gasteiger partial charge in [0.25, 0.3) is 0 Å². The number of rotatable bonds is 3. The highest BCUT2D eigenvalue weighted by atomic mass is 35.5. The summed E-state index contributed by atoms with van der Waals surface area (Å²) in [5.74, 6) is 0. The third-order valence-electron chi connectivity index (χ3n) is 4.49. The summed E-state index contributed by atoms with van der Waals surface area (Å²) in [6.45, 7) is 7.39. The minimum atomic E-state index is 0.745. The Hall–Kier alpha value is -2.02. The van der Waals surface area contributed by atoms with Crippen LogP contribution < -0.4 is 9.80 Å². The Morgan fingerprint density at radius 1 is 1.17 bits per heavy atom. The van der Waals surface area contributed by atoms with Crippen LogP contribution in [0.3, 0.4) is 0 Å². The second kappa shape index (κ2) is 7.04. The molecule has 0 amide bonds. The maximum Gasteiger partial charge on any atom is 0.103 e. The van der Waals surface area contributed by atoms with Gasteiger partial charge in [0.1, 0.15) is 6.54 Å². The van der Waals surface area contributed by atoms with Gasteiger partial charge in [-0.25, -0.2) is 0 Å². The SMILES string of the molecule is Cc1ccc(Cl)cc1N1CC[NH+](Cc2cccc(C#N)c2)CC1. The molecule has 0 aromatic heterocycles.